The van der Waals surface area contributed by atoms with Crippen LogP contribution in [0.5, 0.6) is 5.75 Å². The fraction of sp³-hybridized carbons (Fsp3) is 0.238. The molecule has 2 N–H and O–H groups in total. The predicted molar refractivity (Wildman–Crippen MR) is 110 cm³/mol. The van der Waals surface area contributed by atoms with Gasteiger partial charge >= 0.3 is 12.0 Å². The molecule has 0 bridgehead atoms. The van der Waals surface area contributed by atoms with E-state index < -0.39 is 12.0 Å². The number of amides is 2. The summed E-state index contributed by atoms with van der Waals surface area (Å²) in [5, 5.41) is 5.59. The second kappa shape index (κ2) is 8.48. The summed E-state index contributed by atoms with van der Waals surface area (Å²) >= 11 is 3.41. The number of hydrogen-bond acceptors (Lipinski definition) is 4. The van der Waals surface area contributed by atoms with Gasteiger partial charge in [0.1, 0.15) is 5.75 Å². The Morgan fingerprint density at radius 2 is 1.71 bits per heavy atom. The maximum absolute atomic E-state index is 13.0. The summed E-state index contributed by atoms with van der Waals surface area (Å²) in [6, 6.07) is 13.5. The zero-order chi connectivity index (χ0) is 20.3. The van der Waals surface area contributed by atoms with Crippen LogP contribution in [-0.4, -0.2) is 25.2 Å². The van der Waals surface area contributed by atoms with Crippen LogP contribution < -0.4 is 15.4 Å². The molecular weight excluding hydrogens is 424 g/mol. The van der Waals surface area contributed by atoms with Gasteiger partial charge in [-0.2, -0.15) is 0 Å². The van der Waals surface area contributed by atoms with Gasteiger partial charge in [0.2, 0.25) is 0 Å². The Morgan fingerprint density at radius 3 is 2.29 bits per heavy atom. The largest absolute Gasteiger partial charge is 0.497 e. The van der Waals surface area contributed by atoms with Crippen molar-refractivity contribution in [2.75, 3.05) is 7.11 Å². The summed E-state index contributed by atoms with van der Waals surface area (Å²) in [6.45, 7) is 3.57. The second-order valence-electron chi connectivity index (χ2n) is 6.55. The third-order valence-electron chi connectivity index (χ3n) is 4.22. The molecule has 1 aliphatic heterocycles. The SMILES string of the molecule is COc1ccc(C2=C(C(=O)OC(C)C)C(c3ccc(Br)cc3)NC(=O)N2)cc1. The van der Waals surface area contributed by atoms with E-state index in [1.165, 1.54) is 0 Å². The van der Waals surface area contributed by atoms with Gasteiger partial charge in [0.25, 0.3) is 0 Å². The van der Waals surface area contributed by atoms with Crippen LogP contribution in [0.25, 0.3) is 5.70 Å². The van der Waals surface area contributed by atoms with Gasteiger partial charge in [-0.15, -0.1) is 0 Å². The molecule has 28 heavy (non-hydrogen) atoms. The molecule has 3 rings (SSSR count). The Bertz CT molecular complexity index is 905. The van der Waals surface area contributed by atoms with Crippen LogP contribution in [0.4, 0.5) is 4.79 Å². The molecule has 0 aliphatic carbocycles. The number of carbonyl (C=O) groups is 2. The Labute approximate surface area is 172 Å². The van der Waals surface area contributed by atoms with Gasteiger partial charge in [-0.05, 0) is 61.4 Å². The van der Waals surface area contributed by atoms with Crippen LogP contribution >= 0.6 is 15.9 Å². The van der Waals surface area contributed by atoms with E-state index in [0.717, 1.165) is 10.0 Å². The molecule has 0 saturated carbocycles. The summed E-state index contributed by atoms with van der Waals surface area (Å²) in [4.78, 5) is 25.3. The summed E-state index contributed by atoms with van der Waals surface area (Å²) in [5.41, 5.74) is 2.24. The number of rotatable bonds is 5. The first kappa shape index (κ1) is 19.9. The number of benzene rings is 2. The van der Waals surface area contributed by atoms with Crippen molar-refractivity contribution in [3.63, 3.8) is 0 Å². The van der Waals surface area contributed by atoms with Crippen molar-refractivity contribution < 1.29 is 19.1 Å². The highest BCUT2D eigenvalue weighted by molar-refractivity contribution is 9.10. The fourth-order valence-corrected chi connectivity index (χ4v) is 3.22. The smallest absolute Gasteiger partial charge is 0.338 e. The highest BCUT2D eigenvalue weighted by atomic mass is 79.9. The lowest BCUT2D eigenvalue weighted by Crippen LogP contribution is -2.45. The van der Waals surface area contributed by atoms with Crippen molar-refractivity contribution in [2.45, 2.75) is 26.0 Å². The molecule has 2 aromatic rings. The summed E-state index contributed by atoms with van der Waals surface area (Å²) in [5.74, 6) is 0.196. The lowest BCUT2D eigenvalue weighted by atomic mass is 9.92. The van der Waals surface area contributed by atoms with E-state index in [-0.39, 0.29) is 12.1 Å². The maximum Gasteiger partial charge on any atom is 0.338 e. The number of nitrogens with one attached hydrogen (secondary N) is 2. The molecule has 1 heterocycles. The molecule has 6 nitrogen and oxygen atoms in total. The monoisotopic (exact) mass is 444 g/mol. The minimum Gasteiger partial charge on any atom is -0.497 e. The standard InChI is InChI=1S/C21H21BrN2O4/c1-12(2)28-20(25)17-18(13-4-8-15(22)9-5-13)23-21(26)24-19(17)14-6-10-16(27-3)11-7-14/h4-12,18H,1-3H3,(H2,23,24,26). The number of urea groups is 1. The van der Waals surface area contributed by atoms with Crippen LogP contribution in [0.3, 0.4) is 0 Å². The van der Waals surface area contributed by atoms with E-state index in [2.05, 4.69) is 26.6 Å². The van der Waals surface area contributed by atoms with E-state index in [0.29, 0.717) is 22.6 Å². The van der Waals surface area contributed by atoms with Crippen molar-refractivity contribution in [1.82, 2.24) is 10.6 Å². The number of methoxy groups -OCH3 is 1. The van der Waals surface area contributed by atoms with Gasteiger partial charge < -0.3 is 20.1 Å². The van der Waals surface area contributed by atoms with Gasteiger partial charge in [0, 0.05) is 4.47 Å². The number of esters is 1. The van der Waals surface area contributed by atoms with Gasteiger partial charge in [-0.3, -0.25) is 0 Å². The number of carbonyl (C=O) groups excluding carboxylic acids is 2. The van der Waals surface area contributed by atoms with Crippen molar-refractivity contribution in [1.29, 1.82) is 0 Å². The third kappa shape index (κ3) is 4.36. The highest BCUT2D eigenvalue weighted by Gasteiger charge is 2.34. The highest BCUT2D eigenvalue weighted by Crippen LogP contribution is 2.33. The Kier molecular flexibility index (Phi) is 6.04. The Hall–Kier alpha value is -2.80. The quantitative estimate of drug-likeness (QED) is 0.678. The molecule has 1 aliphatic rings. The molecule has 7 heteroatoms. The molecule has 146 valence electrons. The lowest BCUT2D eigenvalue weighted by Gasteiger charge is -2.30. The van der Waals surface area contributed by atoms with Crippen LogP contribution in [0.15, 0.2) is 58.6 Å². The van der Waals surface area contributed by atoms with Gasteiger partial charge in [-0.1, -0.05) is 28.1 Å². The fourth-order valence-electron chi connectivity index (χ4n) is 2.95. The maximum atomic E-state index is 13.0. The average molecular weight is 445 g/mol. The van der Waals surface area contributed by atoms with Gasteiger partial charge in [0.05, 0.1) is 30.5 Å². The Morgan fingerprint density at radius 1 is 1.07 bits per heavy atom. The first-order valence-electron chi connectivity index (χ1n) is 8.81. The number of ether oxygens (including phenoxy) is 2. The first-order chi connectivity index (χ1) is 13.4. The molecular formula is C21H21BrN2O4. The normalized spacial score (nSPS) is 16.5. The number of halogens is 1. The second-order valence-corrected chi connectivity index (χ2v) is 7.47. The molecule has 0 spiro atoms. The lowest BCUT2D eigenvalue weighted by molar-refractivity contribution is -0.143. The third-order valence-corrected chi connectivity index (χ3v) is 4.75. The molecule has 1 atom stereocenters. The zero-order valence-corrected chi connectivity index (χ0v) is 17.4. The van der Waals surface area contributed by atoms with Gasteiger partial charge in [0.15, 0.2) is 0 Å². The summed E-state index contributed by atoms with van der Waals surface area (Å²) < 4.78 is 11.6. The molecule has 1 unspecified atom stereocenters. The van der Waals surface area contributed by atoms with E-state index >= 15 is 0 Å². The van der Waals surface area contributed by atoms with Crippen molar-refractivity contribution in [3.8, 4) is 5.75 Å². The Balaban J connectivity index is 2.15. The van der Waals surface area contributed by atoms with Crippen LogP contribution in [-0.2, 0) is 9.53 Å². The van der Waals surface area contributed by atoms with E-state index in [4.69, 9.17) is 9.47 Å². The van der Waals surface area contributed by atoms with E-state index in [1.807, 2.05) is 24.3 Å². The number of hydrogen-bond donors (Lipinski definition) is 2. The van der Waals surface area contributed by atoms with Crippen molar-refractivity contribution in [2.24, 2.45) is 0 Å². The molecule has 0 fully saturated rings. The average Bonchev–Trinajstić information content (AvgIpc) is 2.67. The van der Waals surface area contributed by atoms with E-state index in [1.54, 1.807) is 45.2 Å². The summed E-state index contributed by atoms with van der Waals surface area (Å²) in [7, 11) is 1.58. The van der Waals surface area contributed by atoms with Gasteiger partial charge in [-0.25, -0.2) is 9.59 Å². The van der Waals surface area contributed by atoms with Crippen molar-refractivity contribution in [3.05, 3.63) is 69.7 Å². The minimum atomic E-state index is -0.634. The van der Waals surface area contributed by atoms with Crippen LogP contribution in [0.1, 0.15) is 31.0 Å². The van der Waals surface area contributed by atoms with Crippen molar-refractivity contribution >= 4 is 33.6 Å². The van der Waals surface area contributed by atoms with E-state index in [9.17, 15) is 9.59 Å². The topological polar surface area (TPSA) is 76.7 Å². The molecule has 0 radical (unpaired) electrons. The first-order valence-corrected chi connectivity index (χ1v) is 9.61. The zero-order valence-electron chi connectivity index (χ0n) is 15.8. The van der Waals surface area contributed by atoms with Crippen LogP contribution in [0.2, 0.25) is 0 Å². The minimum absolute atomic E-state index is 0.291. The molecule has 2 amide bonds. The predicted octanol–water partition coefficient (Wildman–Crippen LogP) is 4.17. The summed E-state index contributed by atoms with van der Waals surface area (Å²) in [6.07, 6.45) is -0.291. The van der Waals surface area contributed by atoms with Crippen LogP contribution in [0, 0.1) is 0 Å². The molecule has 2 aromatic carbocycles. The molecule has 0 aromatic heterocycles. The molecule has 0 saturated heterocycles.